The highest BCUT2D eigenvalue weighted by Crippen LogP contribution is 2.32. The van der Waals surface area contributed by atoms with E-state index >= 15 is 0 Å². The second-order valence-corrected chi connectivity index (χ2v) is 6.26. The summed E-state index contributed by atoms with van der Waals surface area (Å²) in [4.78, 5) is 22.5. The van der Waals surface area contributed by atoms with Gasteiger partial charge in [-0.1, -0.05) is 28.1 Å². The highest BCUT2D eigenvalue weighted by atomic mass is 79.9. The van der Waals surface area contributed by atoms with Crippen LogP contribution >= 0.6 is 31.9 Å². The summed E-state index contributed by atoms with van der Waals surface area (Å²) >= 11 is 6.77. The summed E-state index contributed by atoms with van der Waals surface area (Å²) in [5.41, 5.74) is 1.33. The number of carbonyl (C=O) groups is 2. The van der Waals surface area contributed by atoms with Crippen LogP contribution < -0.4 is 9.47 Å². The van der Waals surface area contributed by atoms with E-state index < -0.39 is 5.97 Å². The molecule has 2 rings (SSSR count). The van der Waals surface area contributed by atoms with E-state index in [4.69, 9.17) is 9.47 Å². The van der Waals surface area contributed by atoms with E-state index in [9.17, 15) is 9.59 Å². The van der Waals surface area contributed by atoms with E-state index in [1.807, 2.05) is 19.1 Å². The zero-order chi connectivity index (χ0) is 16.1. The smallest absolute Gasteiger partial charge is 0.349 e. The molecule has 0 amide bonds. The third kappa shape index (κ3) is 4.42. The van der Waals surface area contributed by atoms with Crippen molar-refractivity contribution in [2.75, 3.05) is 6.61 Å². The van der Waals surface area contributed by atoms with Gasteiger partial charge in [-0.2, -0.15) is 0 Å². The predicted molar refractivity (Wildman–Crippen MR) is 89.5 cm³/mol. The number of carbonyl (C=O) groups excluding carboxylic acids is 2. The predicted octanol–water partition coefficient (Wildman–Crippen LogP) is 4.32. The maximum Gasteiger partial charge on any atom is 0.349 e. The minimum atomic E-state index is -0.544. The Balaban J connectivity index is 2.00. The molecule has 0 fully saturated rings. The van der Waals surface area contributed by atoms with Crippen LogP contribution in [-0.2, 0) is 4.79 Å². The maximum atomic E-state index is 11.8. The van der Waals surface area contributed by atoms with E-state index in [2.05, 4.69) is 31.9 Å². The fraction of sp³-hybridized carbons (Fsp3) is 0.125. The Morgan fingerprint density at radius 3 is 2.68 bits per heavy atom. The summed E-state index contributed by atoms with van der Waals surface area (Å²) in [6, 6.07) is 10.1. The van der Waals surface area contributed by atoms with Crippen LogP contribution in [0.3, 0.4) is 0 Å². The van der Waals surface area contributed by atoms with Crippen molar-refractivity contribution < 1.29 is 19.1 Å². The first kappa shape index (κ1) is 16.7. The molecule has 114 valence electrons. The number of aldehydes is 1. The molecule has 0 unspecified atom stereocenters. The molecule has 0 saturated heterocycles. The molecule has 6 heteroatoms. The lowest BCUT2D eigenvalue weighted by Crippen LogP contribution is -2.18. The largest absolute Gasteiger partial charge is 0.480 e. The van der Waals surface area contributed by atoms with Gasteiger partial charge in [-0.05, 0) is 52.7 Å². The monoisotopic (exact) mass is 426 g/mol. The van der Waals surface area contributed by atoms with Crippen LogP contribution in [0.15, 0.2) is 45.3 Å². The minimum absolute atomic E-state index is 0.230. The van der Waals surface area contributed by atoms with Crippen molar-refractivity contribution in [1.82, 2.24) is 0 Å². The van der Waals surface area contributed by atoms with Gasteiger partial charge in [0.05, 0.1) is 4.47 Å². The third-order valence-corrected chi connectivity index (χ3v) is 3.80. The fourth-order valence-corrected chi connectivity index (χ4v) is 3.37. The molecule has 0 aliphatic heterocycles. The van der Waals surface area contributed by atoms with Crippen LogP contribution in [0.2, 0.25) is 0 Å². The van der Waals surface area contributed by atoms with Gasteiger partial charge >= 0.3 is 5.97 Å². The Bertz CT molecular complexity index is 690. The lowest BCUT2D eigenvalue weighted by molar-refractivity contribution is -0.136. The zero-order valence-corrected chi connectivity index (χ0v) is 14.8. The molecule has 0 atom stereocenters. The van der Waals surface area contributed by atoms with E-state index in [1.165, 1.54) is 6.07 Å². The molecule has 0 aliphatic rings. The first-order valence-corrected chi connectivity index (χ1v) is 7.92. The second kappa shape index (κ2) is 7.56. The maximum absolute atomic E-state index is 11.8. The molecular formula is C16H12Br2O4. The summed E-state index contributed by atoms with van der Waals surface area (Å²) in [6.45, 7) is 1.65. The van der Waals surface area contributed by atoms with Crippen LogP contribution in [-0.4, -0.2) is 18.9 Å². The average Bonchev–Trinajstić information content (AvgIpc) is 2.46. The molecule has 0 radical (unpaired) electrons. The quantitative estimate of drug-likeness (QED) is 0.405. The number of aryl methyl sites for hydroxylation is 1. The van der Waals surface area contributed by atoms with E-state index in [-0.39, 0.29) is 6.61 Å². The van der Waals surface area contributed by atoms with Crippen LogP contribution in [0.25, 0.3) is 0 Å². The normalized spacial score (nSPS) is 10.1. The van der Waals surface area contributed by atoms with Crippen LogP contribution in [0.5, 0.6) is 11.5 Å². The number of hydrogen-bond acceptors (Lipinski definition) is 4. The number of halogens is 2. The van der Waals surface area contributed by atoms with E-state index in [0.29, 0.717) is 23.3 Å². The van der Waals surface area contributed by atoms with Crippen molar-refractivity contribution in [3.05, 3.63) is 56.5 Å². The van der Waals surface area contributed by atoms with Crippen LogP contribution in [0.4, 0.5) is 0 Å². The highest BCUT2D eigenvalue weighted by Gasteiger charge is 2.11. The lowest BCUT2D eigenvalue weighted by Gasteiger charge is -2.11. The number of ether oxygens (including phenoxy) is 2. The van der Waals surface area contributed by atoms with Gasteiger partial charge in [0.25, 0.3) is 0 Å². The molecule has 0 aromatic heterocycles. The molecule has 0 bridgehead atoms. The SMILES string of the molecule is Cc1cc(Br)cc(Br)c1OCC(=O)Oc1cccc(C=O)c1. The molecular weight excluding hydrogens is 416 g/mol. The molecule has 0 spiro atoms. The van der Waals surface area contributed by atoms with Gasteiger partial charge in [-0.3, -0.25) is 4.79 Å². The van der Waals surface area contributed by atoms with Crippen molar-refractivity contribution in [3.8, 4) is 11.5 Å². The molecule has 2 aromatic rings. The molecule has 4 nitrogen and oxygen atoms in total. The van der Waals surface area contributed by atoms with Crippen LogP contribution in [0.1, 0.15) is 15.9 Å². The Morgan fingerprint density at radius 1 is 1.23 bits per heavy atom. The van der Waals surface area contributed by atoms with Gasteiger partial charge in [0.15, 0.2) is 6.61 Å². The molecule has 22 heavy (non-hydrogen) atoms. The fourth-order valence-electron chi connectivity index (χ4n) is 1.82. The van der Waals surface area contributed by atoms with Gasteiger partial charge in [0.1, 0.15) is 17.8 Å². The third-order valence-electron chi connectivity index (χ3n) is 2.75. The average molecular weight is 428 g/mol. The van der Waals surface area contributed by atoms with Gasteiger partial charge < -0.3 is 9.47 Å². The highest BCUT2D eigenvalue weighted by molar-refractivity contribution is 9.11. The summed E-state index contributed by atoms with van der Waals surface area (Å²) in [5.74, 6) is 0.351. The van der Waals surface area contributed by atoms with Crippen LogP contribution in [0, 0.1) is 6.92 Å². The Labute approximate surface area is 144 Å². The second-order valence-electron chi connectivity index (χ2n) is 4.49. The Kier molecular flexibility index (Phi) is 5.74. The molecule has 0 aliphatic carbocycles. The standard InChI is InChI=1S/C16H12Br2O4/c1-10-5-12(17)7-14(18)16(10)21-9-15(20)22-13-4-2-3-11(6-13)8-19/h2-8H,9H2,1H3. The number of rotatable bonds is 5. The zero-order valence-electron chi connectivity index (χ0n) is 11.6. The van der Waals surface area contributed by atoms with E-state index in [0.717, 1.165) is 14.5 Å². The Morgan fingerprint density at radius 2 is 2.00 bits per heavy atom. The molecule has 0 saturated carbocycles. The number of esters is 1. The number of benzene rings is 2. The Hall–Kier alpha value is -1.66. The van der Waals surface area contributed by atoms with E-state index in [1.54, 1.807) is 18.2 Å². The van der Waals surface area contributed by atoms with Gasteiger partial charge in [-0.15, -0.1) is 0 Å². The van der Waals surface area contributed by atoms with Gasteiger partial charge in [-0.25, -0.2) is 4.79 Å². The van der Waals surface area contributed by atoms with Crippen molar-refractivity contribution in [2.24, 2.45) is 0 Å². The van der Waals surface area contributed by atoms with Crippen molar-refractivity contribution in [3.63, 3.8) is 0 Å². The molecule has 0 N–H and O–H groups in total. The first-order valence-electron chi connectivity index (χ1n) is 6.34. The summed E-state index contributed by atoms with van der Waals surface area (Å²) in [5, 5.41) is 0. The van der Waals surface area contributed by atoms with Crippen molar-refractivity contribution in [1.29, 1.82) is 0 Å². The number of hydrogen-bond donors (Lipinski definition) is 0. The van der Waals surface area contributed by atoms with Gasteiger partial charge in [0, 0.05) is 10.0 Å². The summed E-state index contributed by atoms with van der Waals surface area (Å²) < 4.78 is 12.3. The molecule has 2 aromatic carbocycles. The first-order chi connectivity index (χ1) is 10.5. The topological polar surface area (TPSA) is 52.6 Å². The summed E-state index contributed by atoms with van der Waals surface area (Å²) in [6.07, 6.45) is 0.691. The molecule has 0 heterocycles. The summed E-state index contributed by atoms with van der Waals surface area (Å²) in [7, 11) is 0. The van der Waals surface area contributed by atoms with Crippen molar-refractivity contribution >= 4 is 44.1 Å². The lowest BCUT2D eigenvalue weighted by atomic mass is 10.2. The van der Waals surface area contributed by atoms with Crippen molar-refractivity contribution in [2.45, 2.75) is 6.92 Å². The van der Waals surface area contributed by atoms with Gasteiger partial charge in [0.2, 0.25) is 0 Å². The minimum Gasteiger partial charge on any atom is -0.480 e.